The van der Waals surface area contributed by atoms with E-state index in [2.05, 4.69) is 11.8 Å². The highest BCUT2D eigenvalue weighted by molar-refractivity contribution is 7.92. The molecule has 108 valence electrons. The van der Waals surface area contributed by atoms with E-state index in [9.17, 15) is 13.2 Å². The summed E-state index contributed by atoms with van der Waals surface area (Å²) in [6.45, 7) is 1.75. The van der Waals surface area contributed by atoms with Crippen LogP contribution < -0.4 is 4.31 Å². The topological polar surface area (TPSA) is 63.7 Å². The van der Waals surface area contributed by atoms with Gasteiger partial charge in [0.15, 0.2) is 5.78 Å². The number of nitrogens with zero attached hydrogens (tertiary/aromatic N) is 1. The van der Waals surface area contributed by atoms with E-state index in [1.54, 1.807) is 24.3 Å². The summed E-state index contributed by atoms with van der Waals surface area (Å²) in [5.41, 5.74) is 1.01. The van der Waals surface area contributed by atoms with Crippen molar-refractivity contribution in [1.29, 1.82) is 0 Å². The Morgan fingerprint density at radius 1 is 1.25 bits per heavy atom. The second kappa shape index (κ2) is 7.08. The molecule has 1 aromatic rings. The van der Waals surface area contributed by atoms with Gasteiger partial charge in [0.05, 0.1) is 18.5 Å². The van der Waals surface area contributed by atoms with Gasteiger partial charge in [0, 0.05) is 12.7 Å². The third-order valence-electron chi connectivity index (χ3n) is 2.53. The predicted molar refractivity (Wildman–Crippen MR) is 78.3 cm³/mol. The lowest BCUT2D eigenvalue weighted by Crippen LogP contribution is -2.30. The van der Waals surface area contributed by atoms with Gasteiger partial charge in [-0.1, -0.05) is 11.8 Å². The van der Waals surface area contributed by atoms with Crippen LogP contribution in [0, 0.1) is 11.8 Å². The van der Waals surface area contributed by atoms with E-state index in [1.165, 1.54) is 18.3 Å². The lowest BCUT2D eigenvalue weighted by molar-refractivity contribution is 0.101. The molecule has 0 bridgehead atoms. The van der Waals surface area contributed by atoms with Crippen LogP contribution in [0.25, 0.3) is 0 Å². The van der Waals surface area contributed by atoms with E-state index in [0.717, 1.165) is 6.26 Å². The molecule has 0 unspecified atom stereocenters. The molecule has 0 spiro atoms. The molecule has 1 rings (SSSR count). The van der Waals surface area contributed by atoms with Gasteiger partial charge in [-0.2, -0.15) is 0 Å². The average Bonchev–Trinajstić information content (AvgIpc) is 2.37. The van der Waals surface area contributed by atoms with E-state index >= 15 is 0 Å². The number of anilines is 1. The summed E-state index contributed by atoms with van der Waals surface area (Å²) >= 11 is 0. The summed E-state index contributed by atoms with van der Waals surface area (Å²) in [5.74, 6) is 5.37. The molecule has 0 saturated carbocycles. The van der Waals surface area contributed by atoms with Crippen LogP contribution in [0.1, 0.15) is 17.3 Å². The minimum atomic E-state index is -3.43. The Kier molecular flexibility index (Phi) is 5.74. The van der Waals surface area contributed by atoms with Crippen molar-refractivity contribution >= 4 is 21.5 Å². The Balaban J connectivity index is 3.01. The normalized spacial score (nSPS) is 10.6. The number of methoxy groups -OCH3 is 1. The number of hydrogen-bond donors (Lipinski definition) is 0. The molecule has 0 radical (unpaired) electrons. The van der Waals surface area contributed by atoms with E-state index in [1.807, 2.05) is 0 Å². The Bertz CT molecular complexity index is 623. The summed E-state index contributed by atoms with van der Waals surface area (Å²) in [7, 11) is -1.92. The van der Waals surface area contributed by atoms with Gasteiger partial charge in [-0.05, 0) is 31.2 Å². The molecule has 0 fully saturated rings. The van der Waals surface area contributed by atoms with Crippen LogP contribution in [-0.4, -0.2) is 40.7 Å². The van der Waals surface area contributed by atoms with Gasteiger partial charge in [-0.3, -0.25) is 9.10 Å². The fraction of sp³-hybridized carbons (Fsp3) is 0.357. The lowest BCUT2D eigenvalue weighted by atomic mass is 10.1. The van der Waals surface area contributed by atoms with Gasteiger partial charge in [0.1, 0.15) is 6.61 Å². The molecule has 0 N–H and O–H groups in total. The fourth-order valence-corrected chi connectivity index (χ4v) is 2.32. The van der Waals surface area contributed by atoms with E-state index in [0.29, 0.717) is 11.3 Å². The summed E-state index contributed by atoms with van der Waals surface area (Å²) < 4.78 is 29.5. The highest BCUT2D eigenvalue weighted by Crippen LogP contribution is 2.18. The molecule has 6 heteroatoms. The van der Waals surface area contributed by atoms with Crippen molar-refractivity contribution in [3.63, 3.8) is 0 Å². The Labute approximate surface area is 119 Å². The van der Waals surface area contributed by atoms with Gasteiger partial charge >= 0.3 is 0 Å². The van der Waals surface area contributed by atoms with Crippen LogP contribution in [-0.2, 0) is 14.8 Å². The first-order valence-electron chi connectivity index (χ1n) is 5.89. The zero-order valence-corrected chi connectivity index (χ0v) is 12.5. The Morgan fingerprint density at radius 3 is 2.30 bits per heavy atom. The number of carbonyl (C=O) groups excluding carboxylic acids is 1. The number of ketones is 1. The minimum Gasteiger partial charge on any atom is -0.372 e. The first-order chi connectivity index (χ1) is 9.36. The second-order valence-electron chi connectivity index (χ2n) is 4.16. The molecule has 0 heterocycles. The lowest BCUT2D eigenvalue weighted by Gasteiger charge is -2.19. The molecule has 0 saturated heterocycles. The maximum atomic E-state index is 11.8. The van der Waals surface area contributed by atoms with Gasteiger partial charge in [0.25, 0.3) is 0 Å². The molecular weight excluding hydrogens is 278 g/mol. The van der Waals surface area contributed by atoms with Crippen molar-refractivity contribution in [1.82, 2.24) is 0 Å². The van der Waals surface area contributed by atoms with Crippen molar-refractivity contribution in [2.24, 2.45) is 0 Å². The zero-order valence-electron chi connectivity index (χ0n) is 11.7. The summed E-state index contributed by atoms with van der Waals surface area (Å²) in [6, 6.07) is 6.38. The molecule has 1 aromatic carbocycles. The highest BCUT2D eigenvalue weighted by Gasteiger charge is 2.16. The molecule has 0 aliphatic carbocycles. The SMILES string of the molecule is COCC#CCN(c1ccc(C(C)=O)cc1)S(C)(=O)=O. The molecule has 5 nitrogen and oxygen atoms in total. The van der Waals surface area contributed by atoms with Gasteiger partial charge < -0.3 is 4.74 Å². The number of hydrogen-bond acceptors (Lipinski definition) is 4. The van der Waals surface area contributed by atoms with E-state index in [4.69, 9.17) is 4.74 Å². The predicted octanol–water partition coefficient (Wildman–Crippen LogP) is 1.31. The van der Waals surface area contributed by atoms with Gasteiger partial charge in [-0.25, -0.2) is 8.42 Å². The molecule has 0 amide bonds. The second-order valence-corrected chi connectivity index (χ2v) is 6.07. The first-order valence-corrected chi connectivity index (χ1v) is 7.74. The fourth-order valence-electron chi connectivity index (χ4n) is 1.51. The number of Topliss-reactive ketones (excluding diaryl/α,β-unsaturated/α-hetero) is 1. The van der Waals surface area contributed by atoms with Crippen LogP contribution in [0.3, 0.4) is 0 Å². The number of sulfonamides is 1. The Hall–Kier alpha value is -1.84. The smallest absolute Gasteiger partial charge is 0.233 e. The number of ether oxygens (including phenoxy) is 1. The quantitative estimate of drug-likeness (QED) is 0.607. The largest absolute Gasteiger partial charge is 0.372 e. The van der Waals surface area contributed by atoms with Crippen LogP contribution in [0.2, 0.25) is 0 Å². The third-order valence-corrected chi connectivity index (χ3v) is 3.67. The number of benzene rings is 1. The molecule has 0 atom stereocenters. The van der Waals surface area contributed by atoms with Crippen LogP contribution >= 0.6 is 0 Å². The number of carbonyl (C=O) groups is 1. The number of rotatable bonds is 5. The standard InChI is InChI=1S/C14H17NO4S/c1-12(16)13-6-8-14(9-7-13)15(20(3,17)18)10-4-5-11-19-2/h6-9H,10-11H2,1-3H3. The molecule has 0 aliphatic heterocycles. The van der Waals surface area contributed by atoms with Gasteiger partial charge in [-0.15, -0.1) is 0 Å². The first kappa shape index (κ1) is 16.2. The molecular formula is C14H17NO4S. The summed E-state index contributed by atoms with van der Waals surface area (Å²) in [6.07, 6.45) is 1.11. The molecule has 20 heavy (non-hydrogen) atoms. The summed E-state index contributed by atoms with van der Waals surface area (Å²) in [5, 5.41) is 0. The van der Waals surface area contributed by atoms with Crippen molar-refractivity contribution < 1.29 is 17.9 Å². The van der Waals surface area contributed by atoms with Crippen molar-refractivity contribution in [2.45, 2.75) is 6.92 Å². The van der Waals surface area contributed by atoms with Crippen LogP contribution in [0.5, 0.6) is 0 Å². The zero-order chi connectivity index (χ0) is 15.2. The molecule has 0 aliphatic rings. The maximum Gasteiger partial charge on any atom is 0.233 e. The Morgan fingerprint density at radius 2 is 1.85 bits per heavy atom. The average molecular weight is 295 g/mol. The van der Waals surface area contributed by atoms with Crippen LogP contribution in [0.4, 0.5) is 5.69 Å². The van der Waals surface area contributed by atoms with Crippen LogP contribution in [0.15, 0.2) is 24.3 Å². The monoisotopic (exact) mass is 295 g/mol. The third kappa shape index (κ3) is 4.68. The van der Waals surface area contributed by atoms with E-state index < -0.39 is 10.0 Å². The maximum absolute atomic E-state index is 11.8. The summed E-state index contributed by atoms with van der Waals surface area (Å²) in [4.78, 5) is 11.2. The molecule has 0 aromatic heterocycles. The van der Waals surface area contributed by atoms with Gasteiger partial charge in [0.2, 0.25) is 10.0 Å². The minimum absolute atomic E-state index is 0.0433. The van der Waals surface area contributed by atoms with Crippen molar-refractivity contribution in [3.05, 3.63) is 29.8 Å². The van der Waals surface area contributed by atoms with E-state index in [-0.39, 0.29) is 18.9 Å². The van der Waals surface area contributed by atoms with Crippen molar-refractivity contribution in [3.8, 4) is 11.8 Å². The van der Waals surface area contributed by atoms with Crippen molar-refractivity contribution in [2.75, 3.05) is 30.8 Å². The highest BCUT2D eigenvalue weighted by atomic mass is 32.2.